The number of hydrogen-bond acceptors (Lipinski definition) is 4. The minimum absolute atomic E-state index is 0.0106. The van der Waals surface area contributed by atoms with Crippen molar-refractivity contribution in [3.8, 4) is 11.5 Å². The van der Waals surface area contributed by atoms with Gasteiger partial charge < -0.3 is 14.9 Å². The molecule has 0 amide bonds. The number of phenolic OH excluding ortho intramolecular Hbond substituents is 1. The number of aromatic hydroxyl groups is 1. The van der Waals surface area contributed by atoms with Crippen LogP contribution in [-0.2, 0) is 4.79 Å². The van der Waals surface area contributed by atoms with Crippen molar-refractivity contribution >= 4 is 5.97 Å². The number of carbonyl (C=O) groups is 1. The molecule has 1 saturated carbocycles. The quantitative estimate of drug-likeness (QED) is 0.778. The first-order valence-electron chi connectivity index (χ1n) is 7.38. The lowest BCUT2D eigenvalue weighted by molar-refractivity contribution is -0.140. The molecule has 0 radical (unpaired) electrons. The molecule has 3 unspecified atom stereocenters. The van der Waals surface area contributed by atoms with E-state index < -0.39 is 12.0 Å². The second-order valence-corrected chi connectivity index (χ2v) is 5.74. The molecule has 3 N–H and O–H groups in total. The molecule has 5 nitrogen and oxygen atoms in total. The van der Waals surface area contributed by atoms with Crippen LogP contribution in [0.5, 0.6) is 11.5 Å². The highest BCUT2D eigenvalue weighted by Crippen LogP contribution is 2.31. The molecule has 1 aromatic rings. The molecule has 0 aliphatic heterocycles. The summed E-state index contributed by atoms with van der Waals surface area (Å²) >= 11 is 0. The number of phenols is 1. The van der Waals surface area contributed by atoms with E-state index in [1.807, 2.05) is 0 Å². The van der Waals surface area contributed by atoms with E-state index in [1.54, 1.807) is 12.1 Å². The van der Waals surface area contributed by atoms with E-state index in [-0.39, 0.29) is 17.5 Å². The van der Waals surface area contributed by atoms with E-state index in [0.717, 1.165) is 19.3 Å². The third-order valence-electron chi connectivity index (χ3n) is 4.28. The first-order valence-corrected chi connectivity index (χ1v) is 7.38. The molecule has 0 aromatic heterocycles. The van der Waals surface area contributed by atoms with Gasteiger partial charge in [0.25, 0.3) is 0 Å². The number of methoxy groups -OCH3 is 1. The van der Waals surface area contributed by atoms with Crippen molar-refractivity contribution in [2.24, 2.45) is 5.92 Å². The van der Waals surface area contributed by atoms with Crippen molar-refractivity contribution in [3.63, 3.8) is 0 Å². The molecule has 21 heavy (non-hydrogen) atoms. The highest BCUT2D eigenvalue weighted by Gasteiger charge is 2.28. The van der Waals surface area contributed by atoms with Gasteiger partial charge in [0.05, 0.1) is 7.11 Å². The lowest BCUT2D eigenvalue weighted by Gasteiger charge is -2.32. The van der Waals surface area contributed by atoms with Crippen LogP contribution < -0.4 is 10.1 Å². The van der Waals surface area contributed by atoms with Crippen LogP contribution >= 0.6 is 0 Å². The number of carboxylic acids is 1. The normalized spacial score (nSPS) is 23.5. The minimum Gasteiger partial charge on any atom is -0.504 e. The molecule has 1 aliphatic carbocycles. The van der Waals surface area contributed by atoms with Gasteiger partial charge in [0.15, 0.2) is 11.5 Å². The maximum atomic E-state index is 11.6. The fourth-order valence-electron chi connectivity index (χ4n) is 2.96. The Hall–Kier alpha value is -1.75. The number of nitrogens with one attached hydrogen (secondary N) is 1. The van der Waals surface area contributed by atoms with Crippen LogP contribution in [0.3, 0.4) is 0 Å². The minimum atomic E-state index is -0.916. The Morgan fingerprint density at radius 1 is 1.38 bits per heavy atom. The summed E-state index contributed by atoms with van der Waals surface area (Å²) in [6.45, 7) is 2.16. The van der Waals surface area contributed by atoms with Gasteiger partial charge in [0.1, 0.15) is 6.04 Å². The molecule has 0 spiro atoms. The van der Waals surface area contributed by atoms with E-state index >= 15 is 0 Å². The molecule has 1 fully saturated rings. The predicted octanol–water partition coefficient (Wildman–Crippen LogP) is 2.69. The predicted molar refractivity (Wildman–Crippen MR) is 79.6 cm³/mol. The maximum absolute atomic E-state index is 11.6. The summed E-state index contributed by atoms with van der Waals surface area (Å²) < 4.78 is 5.06. The summed E-state index contributed by atoms with van der Waals surface area (Å²) in [6, 6.07) is 4.09. The lowest BCUT2D eigenvalue weighted by Crippen LogP contribution is -2.42. The van der Waals surface area contributed by atoms with Gasteiger partial charge in [-0.05, 0) is 36.5 Å². The molecule has 1 aromatic carbocycles. The number of aliphatic carboxylic acids is 1. The Morgan fingerprint density at radius 3 is 2.71 bits per heavy atom. The molecule has 116 valence electrons. The number of benzene rings is 1. The lowest BCUT2D eigenvalue weighted by atomic mass is 9.85. The van der Waals surface area contributed by atoms with E-state index in [1.165, 1.54) is 19.6 Å². The smallest absolute Gasteiger partial charge is 0.325 e. The standard InChI is InChI=1S/C16H23NO4/c1-10-5-3-4-6-12(10)17-15(16(19)20)11-7-8-13(18)14(9-11)21-2/h7-10,12,15,17-18H,3-6H2,1-2H3,(H,19,20). The van der Waals surface area contributed by atoms with Gasteiger partial charge in [0.2, 0.25) is 0 Å². The molecule has 1 aliphatic rings. The number of hydrogen-bond donors (Lipinski definition) is 3. The van der Waals surface area contributed by atoms with Crippen molar-refractivity contribution in [1.29, 1.82) is 0 Å². The molecule has 3 atom stereocenters. The third-order valence-corrected chi connectivity index (χ3v) is 4.28. The second-order valence-electron chi connectivity index (χ2n) is 5.74. The van der Waals surface area contributed by atoms with Gasteiger partial charge in [-0.2, -0.15) is 0 Å². The zero-order chi connectivity index (χ0) is 15.4. The first-order chi connectivity index (χ1) is 10.0. The van der Waals surface area contributed by atoms with Crippen LogP contribution in [0, 0.1) is 5.92 Å². The number of ether oxygens (including phenoxy) is 1. The zero-order valence-corrected chi connectivity index (χ0v) is 12.5. The molecular weight excluding hydrogens is 270 g/mol. The summed E-state index contributed by atoms with van der Waals surface area (Å²) in [4.78, 5) is 11.6. The molecule has 0 saturated heterocycles. The van der Waals surface area contributed by atoms with Crippen LogP contribution in [0.2, 0.25) is 0 Å². The van der Waals surface area contributed by atoms with Gasteiger partial charge in [-0.3, -0.25) is 10.1 Å². The molecular formula is C16H23NO4. The fourth-order valence-corrected chi connectivity index (χ4v) is 2.96. The van der Waals surface area contributed by atoms with Crippen molar-refractivity contribution in [2.75, 3.05) is 7.11 Å². The van der Waals surface area contributed by atoms with Crippen LogP contribution in [0.15, 0.2) is 18.2 Å². The average molecular weight is 293 g/mol. The SMILES string of the molecule is COc1cc(C(NC2CCCCC2C)C(=O)O)ccc1O. The van der Waals surface area contributed by atoms with Crippen molar-refractivity contribution < 1.29 is 19.7 Å². The monoisotopic (exact) mass is 293 g/mol. The van der Waals surface area contributed by atoms with Gasteiger partial charge in [-0.15, -0.1) is 0 Å². The third kappa shape index (κ3) is 3.67. The van der Waals surface area contributed by atoms with Gasteiger partial charge in [0, 0.05) is 6.04 Å². The first kappa shape index (κ1) is 15.6. The maximum Gasteiger partial charge on any atom is 0.325 e. The van der Waals surface area contributed by atoms with Crippen LogP contribution in [0.4, 0.5) is 0 Å². The van der Waals surface area contributed by atoms with Crippen molar-refractivity contribution in [1.82, 2.24) is 5.32 Å². The van der Waals surface area contributed by atoms with E-state index in [4.69, 9.17) is 4.74 Å². The molecule has 0 bridgehead atoms. The average Bonchev–Trinajstić information content (AvgIpc) is 2.47. The number of carboxylic acid groups (broad SMARTS) is 1. The van der Waals surface area contributed by atoms with Gasteiger partial charge in [-0.25, -0.2) is 0 Å². The molecule has 2 rings (SSSR count). The number of rotatable bonds is 5. The Balaban J connectivity index is 2.20. The summed E-state index contributed by atoms with van der Waals surface area (Å²) in [5.74, 6) is -0.145. The van der Waals surface area contributed by atoms with E-state index in [9.17, 15) is 15.0 Å². The zero-order valence-electron chi connectivity index (χ0n) is 12.5. The van der Waals surface area contributed by atoms with E-state index in [2.05, 4.69) is 12.2 Å². The summed E-state index contributed by atoms with van der Waals surface area (Å²) in [7, 11) is 1.45. The summed E-state index contributed by atoms with van der Waals surface area (Å²) in [6.07, 6.45) is 4.47. The highest BCUT2D eigenvalue weighted by molar-refractivity contribution is 5.76. The molecule has 5 heteroatoms. The van der Waals surface area contributed by atoms with E-state index in [0.29, 0.717) is 11.5 Å². The van der Waals surface area contributed by atoms with Crippen molar-refractivity contribution in [2.45, 2.75) is 44.7 Å². The summed E-state index contributed by atoms with van der Waals surface area (Å²) in [5, 5.41) is 22.4. The Bertz CT molecular complexity index is 503. The highest BCUT2D eigenvalue weighted by atomic mass is 16.5. The van der Waals surface area contributed by atoms with Crippen LogP contribution in [-0.4, -0.2) is 29.3 Å². The Morgan fingerprint density at radius 2 is 2.10 bits per heavy atom. The molecule has 0 heterocycles. The fraction of sp³-hybridized carbons (Fsp3) is 0.562. The van der Waals surface area contributed by atoms with Crippen LogP contribution in [0.25, 0.3) is 0 Å². The van der Waals surface area contributed by atoms with Gasteiger partial charge in [-0.1, -0.05) is 25.8 Å². The topological polar surface area (TPSA) is 78.8 Å². The van der Waals surface area contributed by atoms with Crippen molar-refractivity contribution in [3.05, 3.63) is 23.8 Å². The summed E-state index contributed by atoms with van der Waals surface area (Å²) in [5.41, 5.74) is 0.593. The Labute approximate surface area is 124 Å². The second kappa shape index (κ2) is 6.80. The van der Waals surface area contributed by atoms with Gasteiger partial charge >= 0.3 is 5.97 Å². The van der Waals surface area contributed by atoms with Crippen LogP contribution in [0.1, 0.15) is 44.2 Å². The largest absolute Gasteiger partial charge is 0.504 e. The Kier molecular flexibility index (Phi) is 5.07.